The molecule has 0 spiro atoms. The Morgan fingerprint density at radius 3 is 2.59 bits per heavy atom. The lowest BCUT2D eigenvalue weighted by atomic mass is 10.2. The zero-order valence-corrected chi connectivity index (χ0v) is 16.4. The first kappa shape index (κ1) is 22.8. The van der Waals surface area contributed by atoms with E-state index in [0.717, 1.165) is 12.1 Å². The summed E-state index contributed by atoms with van der Waals surface area (Å²) in [5.41, 5.74) is -0.622. The molecular formula is C20H16F5N3O4. The highest BCUT2D eigenvalue weighted by molar-refractivity contribution is 6.02. The van der Waals surface area contributed by atoms with E-state index in [1.54, 1.807) is 0 Å². The van der Waals surface area contributed by atoms with Crippen LogP contribution in [0.3, 0.4) is 0 Å². The number of carbonyl (C=O) groups excluding carboxylic acids is 1. The second kappa shape index (κ2) is 9.54. The molecule has 0 unspecified atom stereocenters. The number of nitrogens with one attached hydrogen (secondary N) is 1. The second-order valence-corrected chi connectivity index (χ2v) is 6.24. The van der Waals surface area contributed by atoms with Gasteiger partial charge in [-0.2, -0.15) is 27.1 Å². The number of hydrogen-bond acceptors (Lipinski definition) is 5. The molecule has 1 heterocycles. The quantitative estimate of drug-likeness (QED) is 0.492. The number of ether oxygens (including phenoxy) is 3. The van der Waals surface area contributed by atoms with E-state index in [4.69, 9.17) is 9.47 Å². The molecule has 0 saturated carbocycles. The SMILES string of the molecule is COc1cc(NC(=O)c2ccn(COc3cccc(C(F)(F)F)c3)n2)ccc1OC(F)F. The average Bonchev–Trinajstić information content (AvgIpc) is 3.22. The molecule has 0 aliphatic heterocycles. The average molecular weight is 457 g/mol. The van der Waals surface area contributed by atoms with Gasteiger partial charge in [-0.3, -0.25) is 4.79 Å². The molecule has 0 saturated heterocycles. The molecule has 7 nitrogen and oxygen atoms in total. The molecule has 1 N–H and O–H groups in total. The monoisotopic (exact) mass is 457 g/mol. The molecule has 0 aliphatic carbocycles. The highest BCUT2D eigenvalue weighted by Gasteiger charge is 2.30. The Balaban J connectivity index is 1.62. The largest absolute Gasteiger partial charge is 0.493 e. The smallest absolute Gasteiger partial charge is 0.416 e. The fraction of sp³-hybridized carbons (Fsp3) is 0.200. The number of alkyl halides is 5. The van der Waals surface area contributed by atoms with Crippen LogP contribution in [0.4, 0.5) is 27.6 Å². The van der Waals surface area contributed by atoms with Crippen LogP contribution in [-0.4, -0.2) is 29.4 Å². The Morgan fingerprint density at radius 1 is 1.12 bits per heavy atom. The van der Waals surface area contributed by atoms with Gasteiger partial charge in [0.15, 0.2) is 23.9 Å². The molecule has 1 aromatic heterocycles. The van der Waals surface area contributed by atoms with Crippen LogP contribution < -0.4 is 19.5 Å². The molecule has 3 aromatic rings. The summed E-state index contributed by atoms with van der Waals surface area (Å²) < 4.78 is 78.9. The van der Waals surface area contributed by atoms with Crippen molar-refractivity contribution < 1.29 is 41.0 Å². The van der Waals surface area contributed by atoms with Gasteiger partial charge in [-0.1, -0.05) is 6.07 Å². The van der Waals surface area contributed by atoms with E-state index >= 15 is 0 Å². The summed E-state index contributed by atoms with van der Waals surface area (Å²) in [5.74, 6) is -0.841. The van der Waals surface area contributed by atoms with E-state index in [9.17, 15) is 26.7 Å². The van der Waals surface area contributed by atoms with Crippen LogP contribution in [0.2, 0.25) is 0 Å². The molecule has 0 bridgehead atoms. The van der Waals surface area contributed by atoms with Gasteiger partial charge in [0.05, 0.1) is 12.7 Å². The maximum atomic E-state index is 12.8. The fourth-order valence-corrected chi connectivity index (χ4v) is 2.59. The summed E-state index contributed by atoms with van der Waals surface area (Å²) in [6, 6.07) is 9.57. The number of rotatable bonds is 8. The van der Waals surface area contributed by atoms with E-state index in [1.165, 1.54) is 54.4 Å². The number of benzene rings is 2. The van der Waals surface area contributed by atoms with Gasteiger partial charge < -0.3 is 19.5 Å². The highest BCUT2D eigenvalue weighted by atomic mass is 19.4. The Morgan fingerprint density at radius 2 is 1.91 bits per heavy atom. The van der Waals surface area contributed by atoms with Gasteiger partial charge in [-0.05, 0) is 36.4 Å². The third kappa shape index (κ3) is 5.86. The lowest BCUT2D eigenvalue weighted by Gasteiger charge is -2.11. The maximum absolute atomic E-state index is 12.8. The molecule has 0 fully saturated rings. The van der Waals surface area contributed by atoms with Crippen molar-refractivity contribution in [1.82, 2.24) is 9.78 Å². The fourth-order valence-electron chi connectivity index (χ4n) is 2.59. The second-order valence-electron chi connectivity index (χ2n) is 6.24. The molecule has 0 aliphatic rings. The summed E-state index contributed by atoms with van der Waals surface area (Å²) in [5, 5.41) is 6.52. The highest BCUT2D eigenvalue weighted by Crippen LogP contribution is 2.32. The van der Waals surface area contributed by atoms with Crippen molar-refractivity contribution in [3.8, 4) is 17.2 Å². The number of anilines is 1. The Labute approximate surface area is 178 Å². The van der Waals surface area contributed by atoms with Crippen molar-refractivity contribution in [2.45, 2.75) is 19.5 Å². The van der Waals surface area contributed by atoms with Crippen molar-refractivity contribution in [3.63, 3.8) is 0 Å². The molecule has 2 aromatic carbocycles. The zero-order chi connectivity index (χ0) is 23.3. The minimum Gasteiger partial charge on any atom is -0.493 e. The molecule has 0 atom stereocenters. The Kier molecular flexibility index (Phi) is 6.81. The molecule has 3 rings (SSSR count). The van der Waals surface area contributed by atoms with E-state index in [1.807, 2.05) is 0 Å². The van der Waals surface area contributed by atoms with Gasteiger partial charge in [0, 0.05) is 18.0 Å². The number of nitrogens with zero attached hydrogens (tertiary/aromatic N) is 2. The molecule has 0 radical (unpaired) electrons. The number of hydrogen-bond donors (Lipinski definition) is 1. The van der Waals surface area contributed by atoms with Crippen molar-refractivity contribution >= 4 is 11.6 Å². The maximum Gasteiger partial charge on any atom is 0.416 e. The summed E-state index contributed by atoms with van der Waals surface area (Å²) in [6.07, 6.45) is -3.09. The van der Waals surface area contributed by atoms with E-state index in [0.29, 0.717) is 0 Å². The zero-order valence-electron chi connectivity index (χ0n) is 16.4. The van der Waals surface area contributed by atoms with E-state index in [-0.39, 0.29) is 35.4 Å². The topological polar surface area (TPSA) is 74.6 Å². The Bertz CT molecular complexity index is 1090. The minimum absolute atomic E-state index is 0.00971. The number of carbonyl (C=O) groups is 1. The minimum atomic E-state index is -4.50. The molecule has 1 amide bonds. The number of amides is 1. The summed E-state index contributed by atoms with van der Waals surface area (Å²) >= 11 is 0. The van der Waals surface area contributed by atoms with Gasteiger partial charge in [0.25, 0.3) is 5.91 Å². The van der Waals surface area contributed by atoms with Crippen LogP contribution >= 0.6 is 0 Å². The first-order valence-corrected chi connectivity index (χ1v) is 8.93. The van der Waals surface area contributed by atoms with E-state index < -0.39 is 24.3 Å². The summed E-state index contributed by atoms with van der Waals surface area (Å²) in [6.45, 7) is -3.27. The Hall–Kier alpha value is -3.83. The summed E-state index contributed by atoms with van der Waals surface area (Å²) in [7, 11) is 1.26. The predicted octanol–water partition coefficient (Wildman–Crippen LogP) is 4.80. The number of aromatic nitrogens is 2. The van der Waals surface area contributed by atoms with Crippen LogP contribution in [0.1, 0.15) is 16.1 Å². The van der Waals surface area contributed by atoms with Crippen LogP contribution in [0.15, 0.2) is 54.7 Å². The first-order valence-electron chi connectivity index (χ1n) is 8.93. The van der Waals surface area contributed by atoms with Crippen molar-refractivity contribution in [1.29, 1.82) is 0 Å². The van der Waals surface area contributed by atoms with Gasteiger partial charge in [-0.25, -0.2) is 4.68 Å². The van der Waals surface area contributed by atoms with Crippen LogP contribution in [0.5, 0.6) is 17.2 Å². The lowest BCUT2D eigenvalue weighted by Crippen LogP contribution is -2.14. The van der Waals surface area contributed by atoms with Crippen LogP contribution in [0.25, 0.3) is 0 Å². The molecule has 12 heteroatoms. The van der Waals surface area contributed by atoms with Gasteiger partial charge in [0.1, 0.15) is 5.75 Å². The number of methoxy groups -OCH3 is 1. The predicted molar refractivity (Wildman–Crippen MR) is 102 cm³/mol. The van der Waals surface area contributed by atoms with Crippen molar-refractivity contribution in [2.75, 3.05) is 12.4 Å². The standard InChI is InChI=1S/C20H16F5N3O4/c1-30-17-10-13(5-6-16(17)32-19(21)22)26-18(29)15-7-8-28(27-15)11-31-14-4-2-3-12(9-14)20(23,24)25/h2-10,19H,11H2,1H3,(H,26,29). The normalized spacial score (nSPS) is 11.3. The van der Waals surface area contributed by atoms with Gasteiger partial charge in [0.2, 0.25) is 0 Å². The van der Waals surface area contributed by atoms with Crippen molar-refractivity contribution in [3.05, 3.63) is 66.0 Å². The first-order chi connectivity index (χ1) is 15.2. The molecular weight excluding hydrogens is 441 g/mol. The third-order valence-corrected chi connectivity index (χ3v) is 4.04. The molecule has 32 heavy (non-hydrogen) atoms. The van der Waals surface area contributed by atoms with E-state index in [2.05, 4.69) is 15.2 Å². The summed E-state index contributed by atoms with van der Waals surface area (Å²) in [4.78, 5) is 12.4. The van der Waals surface area contributed by atoms with Gasteiger partial charge >= 0.3 is 12.8 Å². The van der Waals surface area contributed by atoms with Crippen molar-refractivity contribution in [2.24, 2.45) is 0 Å². The van der Waals surface area contributed by atoms with Crippen LogP contribution in [-0.2, 0) is 12.9 Å². The molecule has 170 valence electrons. The number of halogens is 5. The van der Waals surface area contributed by atoms with Gasteiger partial charge in [-0.15, -0.1) is 0 Å². The lowest BCUT2D eigenvalue weighted by molar-refractivity contribution is -0.137. The third-order valence-electron chi connectivity index (χ3n) is 4.04. The van der Waals surface area contributed by atoms with Crippen LogP contribution in [0, 0.1) is 0 Å².